The van der Waals surface area contributed by atoms with E-state index in [0.29, 0.717) is 34.0 Å². The van der Waals surface area contributed by atoms with Crippen molar-refractivity contribution in [2.75, 3.05) is 0 Å². The van der Waals surface area contributed by atoms with Crippen molar-refractivity contribution < 1.29 is 19.1 Å². The number of aromatic nitrogens is 1. The van der Waals surface area contributed by atoms with E-state index in [0.717, 1.165) is 35.9 Å². The zero-order valence-electron chi connectivity index (χ0n) is 19.5. The largest absolute Gasteiger partial charge is 0.481 e. The standard InChI is InChI=1S/C27H30Cl2FNO3/c1-17(14-26(33)34)13-25(32)27-21-16-20(29)11-12-23(21)31(2)24(27)10-5-3-4-9-22(30)18-7-6-8-19(28)15-18/h6-8,11-12,15-17,22H,3-5,9-10,13-14H2,1-2H3,(H,33,34)/t17-,22?/m0/s1. The molecule has 3 rings (SSSR count). The number of unbranched alkanes of at least 4 members (excludes halogenated alkanes) is 2. The van der Waals surface area contributed by atoms with Gasteiger partial charge in [-0.15, -0.1) is 0 Å². The van der Waals surface area contributed by atoms with Crippen molar-refractivity contribution in [2.24, 2.45) is 13.0 Å². The molecular formula is C27H30Cl2FNO3. The number of aryl methyl sites for hydroxylation is 1. The lowest BCUT2D eigenvalue weighted by atomic mass is 9.94. The fourth-order valence-corrected chi connectivity index (χ4v) is 4.89. The molecule has 0 spiro atoms. The summed E-state index contributed by atoms with van der Waals surface area (Å²) >= 11 is 12.2. The van der Waals surface area contributed by atoms with Gasteiger partial charge < -0.3 is 9.67 Å². The summed E-state index contributed by atoms with van der Waals surface area (Å²) in [6.45, 7) is 1.77. The molecule has 0 aliphatic rings. The quantitative estimate of drug-likeness (QED) is 0.200. The van der Waals surface area contributed by atoms with Crippen molar-refractivity contribution in [1.29, 1.82) is 0 Å². The fraction of sp³-hybridized carbons (Fsp3) is 0.407. The highest BCUT2D eigenvalue weighted by Crippen LogP contribution is 2.32. The maximum atomic E-state index is 14.5. The molecular weight excluding hydrogens is 476 g/mol. The van der Waals surface area contributed by atoms with Crippen LogP contribution in [0.4, 0.5) is 4.39 Å². The number of fused-ring (bicyclic) bond motifs is 1. The number of ketones is 1. The summed E-state index contributed by atoms with van der Waals surface area (Å²) in [6.07, 6.45) is 2.51. The van der Waals surface area contributed by atoms with E-state index in [-0.39, 0.29) is 24.5 Å². The number of carbonyl (C=O) groups is 2. The second-order valence-electron chi connectivity index (χ2n) is 8.99. The molecule has 2 aromatic carbocycles. The smallest absolute Gasteiger partial charge is 0.303 e. The highest BCUT2D eigenvalue weighted by molar-refractivity contribution is 6.31. The molecule has 1 N–H and O–H groups in total. The van der Waals surface area contributed by atoms with Gasteiger partial charge >= 0.3 is 5.97 Å². The van der Waals surface area contributed by atoms with Crippen molar-refractivity contribution in [2.45, 2.75) is 58.0 Å². The van der Waals surface area contributed by atoms with Gasteiger partial charge in [0.05, 0.1) is 0 Å². The maximum absolute atomic E-state index is 14.5. The number of rotatable bonds is 12. The zero-order valence-corrected chi connectivity index (χ0v) is 21.0. The summed E-state index contributed by atoms with van der Waals surface area (Å²) in [5.74, 6) is -1.24. The van der Waals surface area contributed by atoms with Crippen LogP contribution >= 0.6 is 23.2 Å². The third-order valence-electron chi connectivity index (χ3n) is 6.20. The molecule has 3 aromatic rings. The van der Waals surface area contributed by atoms with E-state index in [9.17, 15) is 14.0 Å². The van der Waals surface area contributed by atoms with Crippen LogP contribution in [0.25, 0.3) is 10.9 Å². The van der Waals surface area contributed by atoms with Gasteiger partial charge in [0.15, 0.2) is 5.78 Å². The summed E-state index contributed by atoms with van der Waals surface area (Å²) in [5, 5.41) is 10.9. The second kappa shape index (κ2) is 11.9. The van der Waals surface area contributed by atoms with E-state index < -0.39 is 12.1 Å². The minimum absolute atomic E-state index is 0.0520. The van der Waals surface area contributed by atoms with Crippen LogP contribution in [0.1, 0.15) is 73.2 Å². The Morgan fingerprint density at radius 1 is 1.03 bits per heavy atom. The number of hydrogen-bond donors (Lipinski definition) is 1. The molecule has 4 nitrogen and oxygen atoms in total. The Kier molecular flexibility index (Phi) is 9.15. The molecule has 0 aliphatic carbocycles. The van der Waals surface area contributed by atoms with Crippen molar-refractivity contribution in [3.05, 3.63) is 69.3 Å². The molecule has 1 heterocycles. The summed E-state index contributed by atoms with van der Waals surface area (Å²) < 4.78 is 16.5. The predicted octanol–water partition coefficient (Wildman–Crippen LogP) is 7.98. The number of carbonyl (C=O) groups excluding carboxylic acids is 1. The van der Waals surface area contributed by atoms with E-state index in [2.05, 4.69) is 0 Å². The monoisotopic (exact) mass is 505 g/mol. The molecule has 182 valence electrons. The zero-order chi connectivity index (χ0) is 24.8. The Bertz CT molecular complexity index is 1170. The molecule has 0 radical (unpaired) electrons. The van der Waals surface area contributed by atoms with Crippen LogP contribution in [0.3, 0.4) is 0 Å². The number of carboxylic acids is 1. The molecule has 34 heavy (non-hydrogen) atoms. The number of aliphatic carboxylic acids is 1. The van der Waals surface area contributed by atoms with Crippen LogP contribution in [0.5, 0.6) is 0 Å². The van der Waals surface area contributed by atoms with Crippen LogP contribution < -0.4 is 0 Å². The normalized spacial score (nSPS) is 13.2. The first-order chi connectivity index (χ1) is 16.2. The molecule has 1 aromatic heterocycles. The van der Waals surface area contributed by atoms with E-state index in [1.165, 1.54) is 0 Å². The first-order valence-corrected chi connectivity index (χ1v) is 12.3. The highest BCUT2D eigenvalue weighted by Gasteiger charge is 2.23. The fourth-order valence-electron chi connectivity index (χ4n) is 4.52. The molecule has 0 aliphatic heterocycles. The molecule has 1 unspecified atom stereocenters. The van der Waals surface area contributed by atoms with Gasteiger partial charge in [-0.25, -0.2) is 4.39 Å². The third-order valence-corrected chi connectivity index (χ3v) is 6.67. The van der Waals surface area contributed by atoms with Gasteiger partial charge in [-0.3, -0.25) is 9.59 Å². The van der Waals surface area contributed by atoms with Crippen LogP contribution in [0.15, 0.2) is 42.5 Å². The van der Waals surface area contributed by atoms with E-state index in [1.807, 2.05) is 17.7 Å². The topological polar surface area (TPSA) is 59.3 Å². The van der Waals surface area contributed by atoms with E-state index in [1.54, 1.807) is 43.3 Å². The number of halogens is 3. The van der Waals surface area contributed by atoms with Gasteiger partial charge in [0.25, 0.3) is 0 Å². The van der Waals surface area contributed by atoms with Crippen LogP contribution in [-0.2, 0) is 18.3 Å². The van der Waals surface area contributed by atoms with Gasteiger partial charge in [0.2, 0.25) is 0 Å². The lowest BCUT2D eigenvalue weighted by Gasteiger charge is -2.11. The average Bonchev–Trinajstić information content (AvgIpc) is 3.03. The molecule has 7 heteroatoms. The number of Topliss-reactive ketones (excluding diaryl/α,β-unsaturated/α-hetero) is 1. The molecule has 0 saturated heterocycles. The minimum atomic E-state index is -1.05. The van der Waals surface area contributed by atoms with Gasteiger partial charge in [-0.2, -0.15) is 0 Å². The van der Waals surface area contributed by atoms with Crippen LogP contribution in [0.2, 0.25) is 10.0 Å². The molecule has 0 saturated carbocycles. The molecule has 0 fully saturated rings. The first-order valence-electron chi connectivity index (χ1n) is 11.6. The number of hydrogen-bond acceptors (Lipinski definition) is 2. The van der Waals surface area contributed by atoms with Gasteiger partial charge in [0, 0.05) is 52.1 Å². The summed E-state index contributed by atoms with van der Waals surface area (Å²) in [5.41, 5.74) is 3.05. The lowest BCUT2D eigenvalue weighted by Crippen LogP contribution is -2.12. The number of carboxylic acid groups (broad SMARTS) is 1. The number of alkyl halides is 1. The number of nitrogens with zero attached hydrogens (tertiary/aromatic N) is 1. The molecule has 0 bridgehead atoms. The van der Waals surface area contributed by atoms with Crippen LogP contribution in [0, 0.1) is 5.92 Å². The van der Waals surface area contributed by atoms with E-state index in [4.69, 9.17) is 28.3 Å². The van der Waals surface area contributed by atoms with Crippen molar-refractivity contribution in [3.63, 3.8) is 0 Å². The summed E-state index contributed by atoms with van der Waals surface area (Å²) in [4.78, 5) is 24.3. The first kappa shape index (κ1) is 26.2. The second-order valence-corrected chi connectivity index (χ2v) is 9.87. The molecule has 0 amide bonds. The average molecular weight is 506 g/mol. The van der Waals surface area contributed by atoms with Crippen molar-refractivity contribution >= 4 is 45.9 Å². The maximum Gasteiger partial charge on any atom is 0.303 e. The van der Waals surface area contributed by atoms with Crippen LogP contribution in [-0.4, -0.2) is 21.4 Å². The van der Waals surface area contributed by atoms with Gasteiger partial charge in [0.1, 0.15) is 6.17 Å². The van der Waals surface area contributed by atoms with Crippen molar-refractivity contribution in [1.82, 2.24) is 4.57 Å². The summed E-state index contributed by atoms with van der Waals surface area (Å²) in [7, 11) is 1.93. The Labute approximate surface area is 209 Å². The van der Waals surface area contributed by atoms with Gasteiger partial charge in [-0.1, -0.05) is 55.1 Å². The Balaban J connectivity index is 1.70. The minimum Gasteiger partial charge on any atom is -0.481 e. The summed E-state index contributed by atoms with van der Waals surface area (Å²) in [6, 6.07) is 12.4. The SMILES string of the molecule is C[C@H](CC(=O)O)CC(=O)c1c(CCCCCC(F)c2cccc(Cl)c2)n(C)c2ccc(Cl)cc12. The third kappa shape index (κ3) is 6.61. The predicted molar refractivity (Wildman–Crippen MR) is 136 cm³/mol. The molecule has 2 atom stereocenters. The number of benzene rings is 2. The van der Waals surface area contributed by atoms with Crippen molar-refractivity contribution in [3.8, 4) is 0 Å². The Hall–Kier alpha value is -2.37. The van der Waals surface area contributed by atoms with E-state index >= 15 is 0 Å². The van der Waals surface area contributed by atoms with Gasteiger partial charge in [-0.05, 0) is 61.1 Å². The highest BCUT2D eigenvalue weighted by atomic mass is 35.5. The lowest BCUT2D eigenvalue weighted by molar-refractivity contribution is -0.137. The Morgan fingerprint density at radius 3 is 2.47 bits per heavy atom. The Morgan fingerprint density at radius 2 is 1.76 bits per heavy atom.